The Morgan fingerprint density at radius 3 is 2.79 bits per heavy atom. The summed E-state index contributed by atoms with van der Waals surface area (Å²) in [6.45, 7) is 3.66. The van der Waals surface area contributed by atoms with Crippen LogP contribution in [-0.2, 0) is 9.53 Å². The topological polar surface area (TPSA) is 82.5 Å². The van der Waals surface area contributed by atoms with Gasteiger partial charge in [-0.15, -0.1) is 10.2 Å². The predicted molar refractivity (Wildman–Crippen MR) is 108 cm³/mol. The Kier molecular flexibility index (Phi) is 5.14. The summed E-state index contributed by atoms with van der Waals surface area (Å²) < 4.78 is 12.8. The van der Waals surface area contributed by atoms with Gasteiger partial charge < -0.3 is 9.15 Å². The van der Waals surface area contributed by atoms with Gasteiger partial charge in [-0.3, -0.25) is 4.40 Å². The highest BCUT2D eigenvalue weighted by Crippen LogP contribution is 2.23. The lowest BCUT2D eigenvalue weighted by atomic mass is 10.1. The predicted octanol–water partition coefficient (Wildman–Crippen LogP) is 4.66. The Hall–Kier alpha value is -3.45. The van der Waals surface area contributed by atoms with Crippen molar-refractivity contribution in [2.45, 2.75) is 20.0 Å². The molecule has 0 fully saturated rings. The van der Waals surface area contributed by atoms with E-state index in [9.17, 15) is 4.79 Å². The number of pyridine rings is 1. The smallest absolute Gasteiger partial charge is 0.331 e. The molecule has 0 aliphatic carbocycles. The third kappa shape index (κ3) is 4.05. The van der Waals surface area contributed by atoms with Crippen LogP contribution in [0.15, 0.2) is 59.2 Å². The molecule has 1 atom stereocenters. The van der Waals surface area contributed by atoms with Gasteiger partial charge in [-0.25, -0.2) is 9.78 Å². The summed E-state index contributed by atoms with van der Waals surface area (Å²) in [4.78, 5) is 16.4. The van der Waals surface area contributed by atoms with Crippen LogP contribution in [0.3, 0.4) is 0 Å². The maximum Gasteiger partial charge on any atom is 0.331 e. The second-order valence-corrected chi connectivity index (χ2v) is 6.80. The molecule has 146 valence electrons. The number of nitrogens with zero attached hydrogens (tertiary/aromatic N) is 4. The van der Waals surface area contributed by atoms with E-state index in [2.05, 4.69) is 15.2 Å². The third-order valence-corrected chi connectivity index (χ3v) is 4.56. The van der Waals surface area contributed by atoms with Crippen molar-refractivity contribution in [1.29, 1.82) is 0 Å². The molecule has 0 N–H and O–H groups in total. The number of aromatic nitrogens is 4. The number of ether oxygens (including phenoxy) is 1. The first kappa shape index (κ1) is 18.9. The summed E-state index contributed by atoms with van der Waals surface area (Å²) in [6.07, 6.45) is 3.96. The Labute approximate surface area is 171 Å². The lowest BCUT2D eigenvalue weighted by molar-refractivity contribution is -0.143. The number of hydrogen-bond donors (Lipinski definition) is 0. The Balaban J connectivity index is 1.45. The zero-order valence-corrected chi connectivity index (χ0v) is 16.5. The summed E-state index contributed by atoms with van der Waals surface area (Å²) in [5, 5.41) is 8.30. The van der Waals surface area contributed by atoms with E-state index in [1.807, 2.05) is 55.6 Å². The van der Waals surface area contributed by atoms with Crippen LogP contribution in [0.4, 0.5) is 0 Å². The van der Waals surface area contributed by atoms with Gasteiger partial charge in [0.05, 0.1) is 5.69 Å². The van der Waals surface area contributed by atoms with Crippen molar-refractivity contribution in [3.8, 4) is 11.5 Å². The molecule has 0 saturated heterocycles. The molecule has 4 rings (SSSR count). The molecular weight excluding hydrogens is 392 g/mol. The maximum absolute atomic E-state index is 12.2. The highest BCUT2D eigenvalue weighted by atomic mass is 35.5. The zero-order chi connectivity index (χ0) is 20.4. The number of fused-ring (bicyclic) bond motifs is 1. The Morgan fingerprint density at radius 1 is 1.21 bits per heavy atom. The molecule has 0 aliphatic heterocycles. The first-order chi connectivity index (χ1) is 14.0. The molecule has 0 radical (unpaired) electrons. The summed E-state index contributed by atoms with van der Waals surface area (Å²) in [5.41, 5.74) is 3.21. The van der Waals surface area contributed by atoms with Gasteiger partial charge in [0, 0.05) is 17.8 Å². The fourth-order valence-electron chi connectivity index (χ4n) is 2.76. The molecule has 0 bridgehead atoms. The van der Waals surface area contributed by atoms with Crippen LogP contribution in [0, 0.1) is 6.92 Å². The maximum atomic E-state index is 12.2. The minimum Gasteiger partial charge on any atom is -0.449 e. The molecule has 3 heterocycles. The van der Waals surface area contributed by atoms with Gasteiger partial charge in [0.2, 0.25) is 5.89 Å². The summed E-state index contributed by atoms with van der Waals surface area (Å²) in [7, 11) is 0. The molecule has 0 amide bonds. The summed E-state index contributed by atoms with van der Waals surface area (Å²) in [6, 6.07) is 13.2. The fraction of sp³-hybridized carbons (Fsp3) is 0.143. The highest BCUT2D eigenvalue weighted by Gasteiger charge is 2.18. The minimum atomic E-state index is -0.698. The van der Waals surface area contributed by atoms with Gasteiger partial charge in [-0.2, -0.15) is 0 Å². The largest absolute Gasteiger partial charge is 0.449 e. The molecule has 29 heavy (non-hydrogen) atoms. The number of halogens is 1. The number of esters is 1. The summed E-state index contributed by atoms with van der Waals surface area (Å²) >= 11 is 6.15. The molecule has 0 unspecified atom stereocenters. The minimum absolute atomic E-state index is 0.218. The molecule has 8 heteroatoms. The van der Waals surface area contributed by atoms with Gasteiger partial charge in [0.15, 0.2) is 11.3 Å². The van der Waals surface area contributed by atoms with E-state index in [0.717, 1.165) is 11.1 Å². The number of imidazole rings is 1. The normalized spacial score (nSPS) is 12.5. The lowest BCUT2D eigenvalue weighted by Gasteiger charge is -2.06. The molecule has 0 saturated carbocycles. The molecule has 4 aromatic rings. The Morgan fingerprint density at radius 2 is 2.00 bits per heavy atom. The van der Waals surface area contributed by atoms with E-state index < -0.39 is 12.1 Å². The second kappa shape index (κ2) is 7.89. The van der Waals surface area contributed by atoms with Crippen LogP contribution in [-0.4, -0.2) is 25.6 Å². The number of rotatable bonds is 5. The number of benzene rings is 1. The van der Waals surface area contributed by atoms with E-state index in [-0.39, 0.29) is 5.89 Å². The molecule has 7 nitrogen and oxygen atoms in total. The van der Waals surface area contributed by atoms with Crippen molar-refractivity contribution in [2.75, 3.05) is 0 Å². The first-order valence-electron chi connectivity index (χ1n) is 8.93. The van der Waals surface area contributed by atoms with Gasteiger partial charge in [-0.1, -0.05) is 35.4 Å². The van der Waals surface area contributed by atoms with Crippen LogP contribution in [0.2, 0.25) is 5.15 Å². The average molecular weight is 409 g/mol. The number of aryl methyl sites for hydroxylation is 1. The van der Waals surface area contributed by atoms with Crippen LogP contribution in [0.5, 0.6) is 0 Å². The van der Waals surface area contributed by atoms with Crippen LogP contribution < -0.4 is 0 Å². The van der Waals surface area contributed by atoms with Crippen molar-refractivity contribution < 1.29 is 13.9 Å². The number of hydrogen-bond acceptors (Lipinski definition) is 6. The zero-order valence-electron chi connectivity index (χ0n) is 15.7. The quantitative estimate of drug-likeness (QED) is 0.352. The van der Waals surface area contributed by atoms with E-state index in [1.54, 1.807) is 17.4 Å². The lowest BCUT2D eigenvalue weighted by Crippen LogP contribution is -2.06. The standard InChI is InChI=1S/C21H17ClN4O3/c1-13-6-8-15(9-7-13)21-25-24-20(29-21)14(2)28-18(27)11-10-16-19(22)23-17-5-3-4-12-26(16)17/h3-12,14H,1-2H3/b11-10+/t14-/m0/s1. The van der Waals surface area contributed by atoms with Crippen molar-refractivity contribution in [3.05, 3.63) is 77.0 Å². The van der Waals surface area contributed by atoms with Gasteiger partial charge in [-0.05, 0) is 44.2 Å². The third-order valence-electron chi connectivity index (χ3n) is 4.28. The average Bonchev–Trinajstić information content (AvgIpc) is 3.31. The molecule has 0 spiro atoms. The van der Waals surface area contributed by atoms with Gasteiger partial charge in [0.1, 0.15) is 5.65 Å². The fourth-order valence-corrected chi connectivity index (χ4v) is 3.00. The number of carbonyl (C=O) groups excluding carboxylic acids is 1. The van der Waals surface area contributed by atoms with Crippen molar-refractivity contribution >= 4 is 29.3 Å². The van der Waals surface area contributed by atoms with Crippen LogP contribution >= 0.6 is 11.6 Å². The summed E-state index contributed by atoms with van der Waals surface area (Å²) in [5.74, 6) is 0.0284. The van der Waals surface area contributed by atoms with Crippen LogP contribution in [0.1, 0.15) is 30.2 Å². The first-order valence-corrected chi connectivity index (χ1v) is 9.31. The molecule has 0 aliphatic rings. The molecule has 3 aromatic heterocycles. The molecule has 1 aromatic carbocycles. The Bertz CT molecular complexity index is 1190. The van der Waals surface area contributed by atoms with Crippen molar-refractivity contribution in [2.24, 2.45) is 0 Å². The monoisotopic (exact) mass is 408 g/mol. The SMILES string of the molecule is Cc1ccc(-c2nnc([C@H](C)OC(=O)/C=C/c3c(Cl)nc4ccccn34)o2)cc1. The molecular formula is C21H17ClN4O3. The van der Waals surface area contributed by atoms with Crippen LogP contribution in [0.25, 0.3) is 23.2 Å². The van der Waals surface area contributed by atoms with Crippen molar-refractivity contribution in [1.82, 2.24) is 19.6 Å². The number of carbonyl (C=O) groups is 1. The van der Waals surface area contributed by atoms with Gasteiger partial charge >= 0.3 is 5.97 Å². The highest BCUT2D eigenvalue weighted by molar-refractivity contribution is 6.31. The second-order valence-electron chi connectivity index (χ2n) is 6.44. The van der Waals surface area contributed by atoms with Gasteiger partial charge in [0.25, 0.3) is 5.89 Å². The van der Waals surface area contributed by atoms with E-state index >= 15 is 0 Å². The van der Waals surface area contributed by atoms with E-state index in [1.165, 1.54) is 6.08 Å². The van der Waals surface area contributed by atoms with Crippen molar-refractivity contribution in [3.63, 3.8) is 0 Å². The van der Waals surface area contributed by atoms with E-state index in [0.29, 0.717) is 22.4 Å². The van der Waals surface area contributed by atoms with E-state index in [4.69, 9.17) is 20.8 Å².